The van der Waals surface area contributed by atoms with Crippen LogP contribution in [0.25, 0.3) is 0 Å². The van der Waals surface area contributed by atoms with Gasteiger partial charge in [-0.1, -0.05) is 53.2 Å². The topological polar surface area (TPSA) is 12.0 Å². The molecular weight excluding hydrogens is 306 g/mol. The molecule has 1 rings (SSSR count). The van der Waals surface area contributed by atoms with Gasteiger partial charge in [-0.05, 0) is 18.5 Å². The Morgan fingerprint density at radius 2 is 1.93 bits per heavy atom. The van der Waals surface area contributed by atoms with Gasteiger partial charge in [0.2, 0.25) is 0 Å². The van der Waals surface area contributed by atoms with Crippen LogP contribution in [0.2, 0.25) is 0 Å². The maximum absolute atomic E-state index is 3.50. The van der Waals surface area contributed by atoms with Crippen LogP contribution in [0.1, 0.15) is 12.5 Å². The number of halogens is 2. The number of nitrogens with one attached hydrogen (secondary N) is 1. The second-order valence-corrected chi connectivity index (χ2v) is 4.78. The lowest BCUT2D eigenvalue weighted by Crippen LogP contribution is -2.23. The average molecular weight is 323 g/mol. The van der Waals surface area contributed by atoms with E-state index in [1.165, 1.54) is 5.56 Å². The molecule has 0 radical (unpaired) electrons. The van der Waals surface area contributed by atoms with Crippen molar-refractivity contribution < 1.29 is 0 Å². The summed E-state index contributed by atoms with van der Waals surface area (Å²) in [6, 6.07) is 10.6. The Kier molecular flexibility index (Phi) is 8.53. The van der Waals surface area contributed by atoms with Gasteiger partial charge in [-0.2, -0.15) is 0 Å². The van der Waals surface area contributed by atoms with Crippen molar-refractivity contribution in [2.24, 2.45) is 0 Å². The van der Waals surface area contributed by atoms with E-state index in [4.69, 9.17) is 0 Å². The summed E-state index contributed by atoms with van der Waals surface area (Å²) >= 11 is 3.50. The van der Waals surface area contributed by atoms with Crippen LogP contribution in [0.15, 0.2) is 30.3 Å². The van der Waals surface area contributed by atoms with Crippen LogP contribution >= 0.6 is 32.9 Å². The first kappa shape index (κ1) is 14.1. The van der Waals surface area contributed by atoms with E-state index in [1.54, 1.807) is 0 Å². The lowest BCUT2D eigenvalue weighted by Gasteiger charge is -2.05. The van der Waals surface area contributed by atoms with Crippen LogP contribution in [-0.4, -0.2) is 17.9 Å². The first-order valence-corrected chi connectivity index (χ1v) is 5.59. The lowest BCUT2D eigenvalue weighted by molar-refractivity contribution is 0.683. The highest BCUT2D eigenvalue weighted by Gasteiger charge is 1.94. The third-order valence-corrected chi connectivity index (χ3v) is 2.18. The van der Waals surface area contributed by atoms with Crippen molar-refractivity contribution in [1.82, 2.24) is 5.32 Å². The fourth-order valence-electron chi connectivity index (χ4n) is 1.18. The summed E-state index contributed by atoms with van der Waals surface area (Å²) in [4.78, 5) is 0.559. The predicted octanol–water partition coefficient (Wildman–Crippen LogP) is 3.18. The predicted molar refractivity (Wildman–Crippen MR) is 71.7 cm³/mol. The van der Waals surface area contributed by atoms with E-state index < -0.39 is 0 Å². The van der Waals surface area contributed by atoms with Crippen molar-refractivity contribution in [1.29, 1.82) is 0 Å². The molecule has 1 unspecified atom stereocenters. The Labute approximate surface area is 105 Å². The Morgan fingerprint density at radius 1 is 1.29 bits per heavy atom. The second-order valence-electron chi connectivity index (χ2n) is 3.22. The van der Waals surface area contributed by atoms with E-state index in [-0.39, 0.29) is 17.0 Å². The average Bonchev–Trinajstić information content (AvgIpc) is 2.14. The molecule has 1 nitrogen and oxygen atoms in total. The number of hydrogen-bond acceptors (Lipinski definition) is 1. The third kappa shape index (κ3) is 6.57. The highest BCUT2D eigenvalue weighted by atomic mass is 79.9. The molecule has 1 N–H and O–H groups in total. The molecule has 14 heavy (non-hydrogen) atoms. The van der Waals surface area contributed by atoms with E-state index in [2.05, 4.69) is 58.5 Å². The van der Waals surface area contributed by atoms with Crippen LogP contribution in [-0.2, 0) is 6.42 Å². The van der Waals surface area contributed by atoms with Crippen LogP contribution in [0.4, 0.5) is 0 Å². The monoisotopic (exact) mass is 321 g/mol. The highest BCUT2D eigenvalue weighted by Crippen LogP contribution is 1.98. The molecule has 0 aliphatic rings. The first-order valence-electron chi connectivity index (χ1n) is 4.68. The second kappa shape index (κ2) is 8.45. The van der Waals surface area contributed by atoms with Gasteiger partial charge in [0.1, 0.15) is 0 Å². The first-order chi connectivity index (χ1) is 6.29. The molecule has 0 aromatic heterocycles. The zero-order valence-electron chi connectivity index (χ0n) is 8.37. The van der Waals surface area contributed by atoms with Gasteiger partial charge in [0.05, 0.1) is 0 Å². The molecule has 0 saturated carbocycles. The third-order valence-electron chi connectivity index (χ3n) is 1.86. The van der Waals surface area contributed by atoms with Gasteiger partial charge in [0.25, 0.3) is 0 Å². The van der Waals surface area contributed by atoms with Gasteiger partial charge in [-0.25, -0.2) is 0 Å². The van der Waals surface area contributed by atoms with Gasteiger partial charge >= 0.3 is 0 Å². The molecule has 1 aromatic carbocycles. The normalized spacial score (nSPS) is 11.9. The Morgan fingerprint density at radius 3 is 2.50 bits per heavy atom. The SMILES string of the molecule is Br.CC(Br)CNCCc1ccccc1. The Balaban J connectivity index is 0.00000169. The van der Waals surface area contributed by atoms with E-state index in [9.17, 15) is 0 Å². The van der Waals surface area contributed by atoms with E-state index >= 15 is 0 Å². The number of rotatable bonds is 5. The largest absolute Gasteiger partial charge is 0.315 e. The summed E-state index contributed by atoms with van der Waals surface area (Å²) in [7, 11) is 0. The van der Waals surface area contributed by atoms with E-state index in [0.717, 1.165) is 19.5 Å². The molecular formula is C11H17Br2N. The van der Waals surface area contributed by atoms with E-state index in [1.807, 2.05) is 0 Å². The van der Waals surface area contributed by atoms with Crippen molar-refractivity contribution in [3.8, 4) is 0 Å². The molecule has 0 aliphatic heterocycles. The van der Waals surface area contributed by atoms with Gasteiger partial charge in [0.15, 0.2) is 0 Å². The van der Waals surface area contributed by atoms with Gasteiger partial charge in [-0.15, -0.1) is 17.0 Å². The molecule has 0 heterocycles. The quantitative estimate of drug-likeness (QED) is 0.648. The zero-order chi connectivity index (χ0) is 9.52. The molecule has 1 aromatic rings. The number of alkyl halides is 1. The Bertz CT molecular complexity index is 224. The van der Waals surface area contributed by atoms with Gasteiger partial charge < -0.3 is 5.32 Å². The minimum Gasteiger partial charge on any atom is -0.315 e. The number of benzene rings is 1. The Hall–Kier alpha value is 0.140. The maximum atomic E-state index is 3.50. The summed E-state index contributed by atoms with van der Waals surface area (Å²) in [6.45, 7) is 4.24. The fraction of sp³-hybridized carbons (Fsp3) is 0.455. The van der Waals surface area contributed by atoms with Crippen molar-refractivity contribution in [2.45, 2.75) is 18.2 Å². The van der Waals surface area contributed by atoms with Crippen molar-refractivity contribution in [3.63, 3.8) is 0 Å². The summed E-state index contributed by atoms with van der Waals surface area (Å²) < 4.78 is 0. The molecule has 3 heteroatoms. The minimum absolute atomic E-state index is 0. The molecule has 0 aliphatic carbocycles. The summed E-state index contributed by atoms with van der Waals surface area (Å²) in [6.07, 6.45) is 1.11. The van der Waals surface area contributed by atoms with Crippen LogP contribution in [0, 0.1) is 0 Å². The van der Waals surface area contributed by atoms with Crippen LogP contribution in [0.3, 0.4) is 0 Å². The van der Waals surface area contributed by atoms with E-state index in [0.29, 0.717) is 4.83 Å². The standard InChI is InChI=1S/C11H16BrN.BrH/c1-10(12)9-13-8-7-11-5-3-2-4-6-11;/h2-6,10,13H,7-9H2,1H3;1H. The molecule has 80 valence electrons. The number of hydrogen-bond donors (Lipinski definition) is 1. The molecule has 0 saturated heterocycles. The molecule has 0 fully saturated rings. The zero-order valence-corrected chi connectivity index (χ0v) is 11.7. The molecule has 0 amide bonds. The van der Waals surface area contributed by atoms with Crippen molar-refractivity contribution in [2.75, 3.05) is 13.1 Å². The summed E-state index contributed by atoms with van der Waals surface area (Å²) in [5.41, 5.74) is 1.40. The molecule has 0 spiro atoms. The molecule has 1 atom stereocenters. The summed E-state index contributed by atoms with van der Waals surface area (Å²) in [5.74, 6) is 0. The fourth-order valence-corrected chi connectivity index (χ4v) is 1.41. The minimum atomic E-state index is 0. The lowest BCUT2D eigenvalue weighted by atomic mass is 10.1. The molecule has 0 bridgehead atoms. The smallest absolute Gasteiger partial charge is 0.0242 e. The maximum Gasteiger partial charge on any atom is 0.0242 e. The highest BCUT2D eigenvalue weighted by molar-refractivity contribution is 9.09. The van der Waals surface area contributed by atoms with Crippen LogP contribution < -0.4 is 5.32 Å². The summed E-state index contributed by atoms with van der Waals surface area (Å²) in [5, 5.41) is 3.39. The van der Waals surface area contributed by atoms with Crippen LogP contribution in [0.5, 0.6) is 0 Å². The van der Waals surface area contributed by atoms with Crippen molar-refractivity contribution >= 4 is 32.9 Å². The van der Waals surface area contributed by atoms with Gasteiger partial charge in [-0.3, -0.25) is 0 Å². The van der Waals surface area contributed by atoms with Crippen molar-refractivity contribution in [3.05, 3.63) is 35.9 Å². The van der Waals surface area contributed by atoms with Gasteiger partial charge in [0, 0.05) is 11.4 Å².